The predicted octanol–water partition coefficient (Wildman–Crippen LogP) is 7.63. The van der Waals surface area contributed by atoms with Crippen molar-refractivity contribution in [3.05, 3.63) is 11.6 Å². The van der Waals surface area contributed by atoms with Gasteiger partial charge >= 0.3 is 0 Å². The zero-order valence-corrected chi connectivity index (χ0v) is 20.7. The van der Waals surface area contributed by atoms with Crippen LogP contribution < -0.4 is 0 Å². The van der Waals surface area contributed by atoms with Gasteiger partial charge in [-0.3, -0.25) is 0 Å². The van der Waals surface area contributed by atoms with E-state index >= 15 is 0 Å². The standard InChI is InChI=1S/C29H48O/c1-7-22-26(27(22,3)4)16-18(2)23-10-11-24-21-9-8-19-17-20(30)12-14-28(19,5)25(21)13-15-29(23,24)6/h8,18,20-26,30H,7,9-17H2,1-6H3. The van der Waals surface area contributed by atoms with Crippen LogP contribution in [0.2, 0.25) is 0 Å². The van der Waals surface area contributed by atoms with Crippen LogP contribution in [0, 0.1) is 57.7 Å². The Labute approximate surface area is 186 Å². The molecule has 0 aromatic carbocycles. The number of fused-ring (bicyclic) bond motifs is 5. The average molecular weight is 413 g/mol. The molecule has 30 heavy (non-hydrogen) atoms. The maximum absolute atomic E-state index is 10.3. The van der Waals surface area contributed by atoms with Crippen molar-refractivity contribution in [2.75, 3.05) is 0 Å². The number of aliphatic hydroxyl groups excluding tert-OH is 1. The van der Waals surface area contributed by atoms with Gasteiger partial charge in [0.05, 0.1) is 6.10 Å². The Hall–Kier alpha value is -0.300. The summed E-state index contributed by atoms with van der Waals surface area (Å²) in [5, 5.41) is 10.3. The molecule has 5 aliphatic carbocycles. The van der Waals surface area contributed by atoms with Gasteiger partial charge in [-0.25, -0.2) is 0 Å². The Morgan fingerprint density at radius 3 is 2.47 bits per heavy atom. The Balaban J connectivity index is 1.33. The van der Waals surface area contributed by atoms with Crippen LogP contribution in [-0.2, 0) is 0 Å². The fourth-order valence-electron chi connectivity index (χ4n) is 10.3. The molecule has 5 rings (SSSR count). The molecule has 0 aliphatic heterocycles. The minimum Gasteiger partial charge on any atom is -0.393 e. The maximum Gasteiger partial charge on any atom is 0.0577 e. The van der Waals surface area contributed by atoms with E-state index in [9.17, 15) is 5.11 Å². The van der Waals surface area contributed by atoms with E-state index in [0.29, 0.717) is 16.2 Å². The highest BCUT2D eigenvalue weighted by atomic mass is 16.3. The van der Waals surface area contributed by atoms with E-state index < -0.39 is 0 Å². The van der Waals surface area contributed by atoms with Gasteiger partial charge in [0.15, 0.2) is 0 Å². The zero-order valence-electron chi connectivity index (χ0n) is 20.7. The Morgan fingerprint density at radius 2 is 1.77 bits per heavy atom. The van der Waals surface area contributed by atoms with Crippen LogP contribution in [0.3, 0.4) is 0 Å². The molecular formula is C29H48O. The molecule has 170 valence electrons. The minimum absolute atomic E-state index is 0.0786. The highest BCUT2D eigenvalue weighted by Crippen LogP contribution is 2.69. The molecular weight excluding hydrogens is 364 g/mol. The predicted molar refractivity (Wildman–Crippen MR) is 126 cm³/mol. The van der Waals surface area contributed by atoms with Gasteiger partial charge in [0, 0.05) is 0 Å². The summed E-state index contributed by atoms with van der Waals surface area (Å²) in [6.07, 6.45) is 15.8. The number of hydrogen-bond donors (Lipinski definition) is 1. The largest absolute Gasteiger partial charge is 0.393 e. The molecule has 0 heterocycles. The molecule has 1 N–H and O–H groups in total. The summed E-state index contributed by atoms with van der Waals surface area (Å²) in [6, 6.07) is 0. The van der Waals surface area contributed by atoms with Crippen LogP contribution in [0.5, 0.6) is 0 Å². The zero-order chi connectivity index (χ0) is 21.5. The first-order chi connectivity index (χ1) is 14.1. The smallest absolute Gasteiger partial charge is 0.0577 e. The van der Waals surface area contributed by atoms with E-state index in [1.807, 2.05) is 0 Å². The summed E-state index contributed by atoms with van der Waals surface area (Å²) in [6.45, 7) is 15.4. The van der Waals surface area contributed by atoms with Crippen molar-refractivity contribution in [2.24, 2.45) is 57.7 Å². The maximum atomic E-state index is 10.3. The lowest BCUT2D eigenvalue weighted by Crippen LogP contribution is -2.50. The van der Waals surface area contributed by atoms with Crippen LogP contribution in [0.15, 0.2) is 11.6 Å². The molecule has 10 unspecified atom stereocenters. The first-order valence-electron chi connectivity index (χ1n) is 13.5. The first-order valence-corrected chi connectivity index (χ1v) is 13.5. The fraction of sp³-hybridized carbons (Fsp3) is 0.931. The molecule has 4 saturated carbocycles. The number of hydrogen-bond acceptors (Lipinski definition) is 1. The van der Waals surface area contributed by atoms with E-state index in [2.05, 4.69) is 47.6 Å². The van der Waals surface area contributed by atoms with E-state index in [1.54, 1.807) is 5.57 Å². The van der Waals surface area contributed by atoms with Gasteiger partial charge in [0.2, 0.25) is 0 Å². The summed E-state index contributed by atoms with van der Waals surface area (Å²) >= 11 is 0. The molecule has 5 aliphatic rings. The number of aliphatic hydroxyl groups is 1. The monoisotopic (exact) mass is 412 g/mol. The second-order valence-corrected chi connectivity index (χ2v) is 13.5. The summed E-state index contributed by atoms with van der Waals surface area (Å²) in [5.41, 5.74) is 3.19. The van der Waals surface area contributed by atoms with Crippen LogP contribution in [0.1, 0.15) is 106 Å². The molecule has 0 aromatic rings. The highest BCUT2D eigenvalue weighted by molar-refractivity contribution is 5.25. The molecule has 0 saturated heterocycles. The average Bonchev–Trinajstić information content (AvgIpc) is 3.03. The summed E-state index contributed by atoms with van der Waals surface area (Å²) < 4.78 is 0. The SMILES string of the molecule is CCC1C(CC(C)C2CCC3C4CC=C5CC(O)CCC5(C)C4CCC23C)C1(C)C. The van der Waals surface area contributed by atoms with Gasteiger partial charge in [-0.15, -0.1) is 0 Å². The lowest BCUT2D eigenvalue weighted by molar-refractivity contribution is -0.0576. The van der Waals surface area contributed by atoms with Crippen LogP contribution in [0.25, 0.3) is 0 Å². The number of allylic oxidation sites excluding steroid dienone is 1. The third-order valence-corrected chi connectivity index (χ3v) is 12.2. The van der Waals surface area contributed by atoms with Gasteiger partial charge in [-0.05, 0) is 115 Å². The summed E-state index contributed by atoms with van der Waals surface area (Å²) in [5.74, 6) is 6.53. The van der Waals surface area contributed by atoms with Crippen LogP contribution in [0.4, 0.5) is 0 Å². The second-order valence-electron chi connectivity index (χ2n) is 13.5. The second kappa shape index (κ2) is 7.10. The van der Waals surface area contributed by atoms with Gasteiger partial charge in [0.1, 0.15) is 0 Å². The quantitative estimate of drug-likeness (QED) is 0.470. The molecule has 0 bridgehead atoms. The van der Waals surface area contributed by atoms with Crippen LogP contribution >= 0.6 is 0 Å². The molecule has 0 spiro atoms. The van der Waals surface area contributed by atoms with Gasteiger partial charge < -0.3 is 5.11 Å². The highest BCUT2D eigenvalue weighted by Gasteiger charge is 2.61. The molecule has 0 radical (unpaired) electrons. The summed E-state index contributed by atoms with van der Waals surface area (Å²) in [7, 11) is 0. The first kappa shape index (κ1) is 21.5. The van der Waals surface area contributed by atoms with E-state index in [-0.39, 0.29) is 6.10 Å². The molecule has 10 atom stereocenters. The normalized spacial score (nSPS) is 52.6. The van der Waals surface area contributed by atoms with E-state index in [0.717, 1.165) is 54.3 Å². The lowest BCUT2D eigenvalue weighted by Gasteiger charge is -2.58. The number of rotatable bonds is 4. The van der Waals surface area contributed by atoms with Crippen molar-refractivity contribution < 1.29 is 5.11 Å². The van der Waals surface area contributed by atoms with Crippen LogP contribution in [-0.4, -0.2) is 11.2 Å². The van der Waals surface area contributed by atoms with Gasteiger partial charge in [-0.2, -0.15) is 0 Å². The Bertz CT molecular complexity index is 705. The fourth-order valence-corrected chi connectivity index (χ4v) is 10.3. The van der Waals surface area contributed by atoms with Gasteiger partial charge in [0.25, 0.3) is 0 Å². The molecule has 0 aromatic heterocycles. The topological polar surface area (TPSA) is 20.2 Å². The Kier molecular flexibility index (Phi) is 5.10. The van der Waals surface area contributed by atoms with Crippen molar-refractivity contribution in [2.45, 2.75) is 112 Å². The van der Waals surface area contributed by atoms with Crippen molar-refractivity contribution in [3.8, 4) is 0 Å². The summed E-state index contributed by atoms with van der Waals surface area (Å²) in [4.78, 5) is 0. The van der Waals surface area contributed by atoms with Crippen molar-refractivity contribution in [3.63, 3.8) is 0 Å². The Morgan fingerprint density at radius 1 is 1.00 bits per heavy atom. The van der Waals surface area contributed by atoms with E-state index in [1.165, 1.54) is 51.4 Å². The minimum atomic E-state index is -0.0786. The van der Waals surface area contributed by atoms with Crippen molar-refractivity contribution in [1.82, 2.24) is 0 Å². The molecule has 0 amide bonds. The van der Waals surface area contributed by atoms with E-state index in [4.69, 9.17) is 0 Å². The van der Waals surface area contributed by atoms with Gasteiger partial charge in [-0.1, -0.05) is 59.6 Å². The lowest BCUT2D eigenvalue weighted by atomic mass is 9.47. The van der Waals surface area contributed by atoms with Crippen molar-refractivity contribution in [1.29, 1.82) is 0 Å². The molecule has 1 nitrogen and oxygen atoms in total. The third kappa shape index (κ3) is 2.96. The molecule has 4 fully saturated rings. The third-order valence-electron chi connectivity index (χ3n) is 12.2. The van der Waals surface area contributed by atoms with Crippen molar-refractivity contribution >= 4 is 0 Å². The molecule has 1 heteroatoms.